The smallest absolute Gasteiger partial charge is 0.0873 e. The third kappa shape index (κ3) is 7.37. The molecule has 0 unspecified atom stereocenters. The Bertz CT molecular complexity index is 196. The first kappa shape index (κ1) is 12.0. The van der Waals surface area contributed by atoms with Gasteiger partial charge in [0.1, 0.15) is 0 Å². The molecule has 0 fully saturated rings. The molecule has 0 rings (SSSR count). The molecule has 0 aromatic rings. The molecule has 0 aliphatic carbocycles. The Balaban J connectivity index is 3.85. The molecule has 0 aliphatic heterocycles. The average molecular weight is 178 g/mol. The van der Waals surface area contributed by atoms with Crippen LogP contribution in [-0.4, -0.2) is 24.5 Å². The second-order valence-electron chi connectivity index (χ2n) is 4.38. The summed E-state index contributed by atoms with van der Waals surface area (Å²) in [6, 6.07) is 2.12. The summed E-state index contributed by atoms with van der Waals surface area (Å²) in [5, 5.41) is 8.53. The second kappa shape index (κ2) is 5.62. The molecule has 72 valence electrons. The van der Waals surface area contributed by atoms with Crippen molar-refractivity contribution in [1.29, 1.82) is 5.26 Å². The normalized spacial score (nSPS) is 10.9. The zero-order chi connectivity index (χ0) is 10.3. The van der Waals surface area contributed by atoms with Gasteiger partial charge in [-0.25, -0.2) is 0 Å². The Labute approximate surface area is 81.5 Å². The maximum absolute atomic E-state index is 8.53. The van der Waals surface area contributed by atoms with Gasteiger partial charge in [-0.1, -0.05) is 26.7 Å². The summed E-state index contributed by atoms with van der Waals surface area (Å²) in [6.45, 7) is 8.47. The van der Waals surface area contributed by atoms with Gasteiger partial charge in [-0.2, -0.15) is 5.26 Å². The largest absolute Gasteiger partial charge is 0.279 e. The molecule has 0 bridgehead atoms. The Hall–Kier alpha value is -0.990. The summed E-state index contributed by atoms with van der Waals surface area (Å²) in [5.41, 5.74) is 0.308. The fourth-order valence-electron chi connectivity index (χ4n) is 0.937. The second-order valence-corrected chi connectivity index (χ2v) is 4.38. The standard InChI is InChI=1S/C11H18N2/c1-5-8-13(10-7-12)9-6-11(2,3)4/h1H,6,8-10H2,2-4H3. The summed E-state index contributed by atoms with van der Waals surface area (Å²) in [7, 11) is 0. The maximum Gasteiger partial charge on any atom is 0.0873 e. The molecule has 0 aromatic heterocycles. The van der Waals surface area contributed by atoms with Gasteiger partial charge in [0.25, 0.3) is 0 Å². The number of nitriles is 1. The van der Waals surface area contributed by atoms with Crippen molar-refractivity contribution in [2.45, 2.75) is 27.2 Å². The maximum atomic E-state index is 8.53. The SMILES string of the molecule is C#CCN(CC#N)CCC(C)(C)C. The molecule has 0 aliphatic rings. The van der Waals surface area contributed by atoms with E-state index in [9.17, 15) is 0 Å². The topological polar surface area (TPSA) is 27.0 Å². The molecule has 13 heavy (non-hydrogen) atoms. The Morgan fingerprint density at radius 1 is 1.31 bits per heavy atom. The van der Waals surface area contributed by atoms with E-state index in [1.54, 1.807) is 0 Å². The number of hydrogen-bond acceptors (Lipinski definition) is 2. The first-order valence-corrected chi connectivity index (χ1v) is 4.52. The van der Waals surface area contributed by atoms with Gasteiger partial charge >= 0.3 is 0 Å². The molecular formula is C11H18N2. The van der Waals surface area contributed by atoms with Crippen LogP contribution >= 0.6 is 0 Å². The predicted octanol–water partition coefficient (Wildman–Crippen LogP) is 1.88. The fraction of sp³-hybridized carbons (Fsp3) is 0.727. The molecule has 2 nitrogen and oxygen atoms in total. The van der Waals surface area contributed by atoms with Crippen LogP contribution in [0, 0.1) is 29.1 Å². The van der Waals surface area contributed by atoms with Crippen LogP contribution < -0.4 is 0 Å². The molecule has 0 radical (unpaired) electrons. The summed E-state index contributed by atoms with van der Waals surface area (Å²) in [5.74, 6) is 2.56. The van der Waals surface area contributed by atoms with E-state index in [4.69, 9.17) is 11.7 Å². The van der Waals surface area contributed by atoms with Crippen LogP contribution in [0.4, 0.5) is 0 Å². The van der Waals surface area contributed by atoms with E-state index in [0.717, 1.165) is 13.0 Å². The first-order valence-electron chi connectivity index (χ1n) is 4.52. The highest BCUT2D eigenvalue weighted by atomic mass is 15.1. The molecule has 0 aromatic carbocycles. The highest BCUT2D eigenvalue weighted by Crippen LogP contribution is 2.18. The van der Waals surface area contributed by atoms with Crippen molar-refractivity contribution in [2.24, 2.45) is 5.41 Å². The molecule has 0 N–H and O–H groups in total. The van der Waals surface area contributed by atoms with Crippen molar-refractivity contribution >= 4 is 0 Å². The molecule has 0 amide bonds. The third-order valence-corrected chi connectivity index (χ3v) is 1.79. The summed E-state index contributed by atoms with van der Waals surface area (Å²) in [6.07, 6.45) is 6.26. The highest BCUT2D eigenvalue weighted by molar-refractivity contribution is 4.91. The highest BCUT2D eigenvalue weighted by Gasteiger charge is 2.12. The molecular weight excluding hydrogens is 160 g/mol. The van der Waals surface area contributed by atoms with E-state index >= 15 is 0 Å². The summed E-state index contributed by atoms with van der Waals surface area (Å²) < 4.78 is 0. The fourth-order valence-corrected chi connectivity index (χ4v) is 0.937. The van der Waals surface area contributed by atoms with E-state index in [1.807, 2.05) is 4.90 Å². The van der Waals surface area contributed by atoms with Crippen LogP contribution in [0.1, 0.15) is 27.2 Å². The number of hydrogen-bond donors (Lipinski definition) is 0. The average Bonchev–Trinajstić information content (AvgIpc) is 2.00. The van der Waals surface area contributed by atoms with Crippen molar-refractivity contribution in [3.05, 3.63) is 0 Å². The first-order chi connectivity index (χ1) is 5.99. The molecule has 0 saturated carbocycles. The van der Waals surface area contributed by atoms with Gasteiger partial charge in [-0.05, 0) is 11.8 Å². The van der Waals surface area contributed by atoms with Crippen LogP contribution in [0.25, 0.3) is 0 Å². The van der Waals surface area contributed by atoms with Crippen LogP contribution in [0.3, 0.4) is 0 Å². The number of nitrogens with zero attached hydrogens (tertiary/aromatic N) is 2. The van der Waals surface area contributed by atoms with E-state index in [-0.39, 0.29) is 0 Å². The Morgan fingerprint density at radius 2 is 1.92 bits per heavy atom. The number of rotatable bonds is 4. The molecule has 0 saturated heterocycles. The zero-order valence-electron chi connectivity index (χ0n) is 8.80. The van der Waals surface area contributed by atoms with Crippen LogP contribution in [0.5, 0.6) is 0 Å². The lowest BCUT2D eigenvalue weighted by Gasteiger charge is -2.23. The molecule has 2 heteroatoms. The van der Waals surface area contributed by atoms with Gasteiger partial charge in [-0.3, -0.25) is 4.90 Å². The van der Waals surface area contributed by atoms with Gasteiger partial charge < -0.3 is 0 Å². The van der Waals surface area contributed by atoms with Gasteiger partial charge in [-0.15, -0.1) is 6.42 Å². The summed E-state index contributed by atoms with van der Waals surface area (Å²) in [4.78, 5) is 1.99. The quantitative estimate of drug-likeness (QED) is 0.485. The molecule has 0 spiro atoms. The van der Waals surface area contributed by atoms with Crippen molar-refractivity contribution < 1.29 is 0 Å². The van der Waals surface area contributed by atoms with E-state index in [1.165, 1.54) is 0 Å². The van der Waals surface area contributed by atoms with Crippen molar-refractivity contribution in [3.8, 4) is 18.4 Å². The van der Waals surface area contributed by atoms with Crippen LogP contribution in [0.15, 0.2) is 0 Å². The minimum absolute atomic E-state index is 0.308. The third-order valence-electron chi connectivity index (χ3n) is 1.79. The monoisotopic (exact) mass is 178 g/mol. The van der Waals surface area contributed by atoms with Gasteiger partial charge in [0.15, 0.2) is 0 Å². The van der Waals surface area contributed by atoms with Crippen LogP contribution in [0.2, 0.25) is 0 Å². The lowest BCUT2D eigenvalue weighted by molar-refractivity contribution is 0.268. The Kier molecular flexibility index (Phi) is 5.19. The van der Waals surface area contributed by atoms with Gasteiger partial charge in [0.05, 0.1) is 19.2 Å². The number of terminal acetylenes is 1. The minimum atomic E-state index is 0.308. The van der Waals surface area contributed by atoms with E-state index < -0.39 is 0 Å². The molecule has 0 heterocycles. The van der Waals surface area contributed by atoms with Crippen molar-refractivity contribution in [3.63, 3.8) is 0 Å². The van der Waals surface area contributed by atoms with Crippen molar-refractivity contribution in [1.82, 2.24) is 4.90 Å². The van der Waals surface area contributed by atoms with Gasteiger partial charge in [0.2, 0.25) is 0 Å². The zero-order valence-corrected chi connectivity index (χ0v) is 8.80. The summed E-state index contributed by atoms with van der Waals surface area (Å²) >= 11 is 0. The lowest BCUT2D eigenvalue weighted by Crippen LogP contribution is -2.28. The van der Waals surface area contributed by atoms with Crippen molar-refractivity contribution in [2.75, 3.05) is 19.6 Å². The lowest BCUT2D eigenvalue weighted by atomic mass is 9.92. The molecule has 0 atom stereocenters. The van der Waals surface area contributed by atoms with Crippen LogP contribution in [-0.2, 0) is 0 Å². The van der Waals surface area contributed by atoms with E-state index in [2.05, 4.69) is 32.8 Å². The van der Waals surface area contributed by atoms with Gasteiger partial charge in [0, 0.05) is 6.54 Å². The predicted molar refractivity (Wildman–Crippen MR) is 55.0 cm³/mol. The Morgan fingerprint density at radius 3 is 2.31 bits per heavy atom. The minimum Gasteiger partial charge on any atom is -0.279 e. The van der Waals surface area contributed by atoms with E-state index in [0.29, 0.717) is 18.5 Å².